The van der Waals surface area contributed by atoms with Gasteiger partial charge in [-0.3, -0.25) is 4.79 Å². The topological polar surface area (TPSA) is 99.3 Å². The van der Waals surface area contributed by atoms with Gasteiger partial charge >= 0.3 is 6.03 Å². The van der Waals surface area contributed by atoms with Crippen molar-refractivity contribution < 1.29 is 22.7 Å². The van der Waals surface area contributed by atoms with Crippen LogP contribution in [0.5, 0.6) is 5.75 Å². The van der Waals surface area contributed by atoms with Gasteiger partial charge < -0.3 is 19.9 Å². The number of rotatable bonds is 10. The molecule has 2 aliphatic rings. The molecule has 0 bridgehead atoms. The Balaban J connectivity index is 1.77. The maximum atomic E-state index is 13.9. The summed E-state index contributed by atoms with van der Waals surface area (Å²) < 4.78 is 32.8. The van der Waals surface area contributed by atoms with Crippen LogP contribution in [0.2, 0.25) is 0 Å². The fraction of sp³-hybridized carbons (Fsp3) is 0.724. The number of amides is 3. The number of ether oxygens (including phenoxy) is 1. The fourth-order valence-corrected chi connectivity index (χ4v) is 6.60. The van der Waals surface area contributed by atoms with Crippen molar-refractivity contribution in [1.82, 2.24) is 19.4 Å². The highest BCUT2D eigenvalue weighted by molar-refractivity contribution is 7.89. The van der Waals surface area contributed by atoms with Gasteiger partial charge in [-0.1, -0.05) is 31.4 Å². The molecule has 0 aromatic heterocycles. The molecule has 3 rings (SSSR count). The third kappa shape index (κ3) is 9.38. The van der Waals surface area contributed by atoms with E-state index in [0.29, 0.717) is 44.9 Å². The van der Waals surface area contributed by atoms with E-state index in [1.807, 2.05) is 49.9 Å². The number of likely N-dealkylation sites (tertiary alicyclic amines) is 1. The number of urea groups is 1. The van der Waals surface area contributed by atoms with Gasteiger partial charge in [0.2, 0.25) is 15.9 Å². The van der Waals surface area contributed by atoms with Crippen molar-refractivity contribution in [2.45, 2.75) is 90.8 Å². The normalized spacial score (nSPS) is 17.7. The summed E-state index contributed by atoms with van der Waals surface area (Å²) in [5.41, 5.74) is 0.630. The van der Waals surface area contributed by atoms with Crippen molar-refractivity contribution >= 4 is 22.0 Å². The first kappa shape index (κ1) is 31.2. The van der Waals surface area contributed by atoms with Crippen molar-refractivity contribution in [1.29, 1.82) is 0 Å². The third-order valence-corrected chi connectivity index (χ3v) is 9.56. The molecule has 1 N–H and O–H groups in total. The molecule has 1 saturated carbocycles. The number of hydrogen-bond acceptors (Lipinski definition) is 5. The van der Waals surface area contributed by atoms with Crippen LogP contribution in [0, 0.1) is 5.92 Å². The first-order valence-electron chi connectivity index (χ1n) is 14.4. The van der Waals surface area contributed by atoms with Crippen LogP contribution in [0.25, 0.3) is 0 Å². The second-order valence-electron chi connectivity index (χ2n) is 12.0. The van der Waals surface area contributed by atoms with Crippen LogP contribution in [-0.2, 0) is 21.4 Å². The van der Waals surface area contributed by atoms with Gasteiger partial charge in [0.05, 0.1) is 19.4 Å². The SMILES string of the molecule is CCS(=O)(=O)N(CC(=O)N(Cc1ccc(OC)cc1)C1CCN(C(=O)NC(C)(C)C)CC1)CC1CCCCC1. The lowest BCUT2D eigenvalue weighted by Gasteiger charge is -2.40. The number of nitrogens with zero attached hydrogens (tertiary/aromatic N) is 3. The number of piperidine rings is 1. The molecular formula is C29H48N4O5S. The monoisotopic (exact) mass is 564 g/mol. The Bertz CT molecular complexity index is 1040. The molecule has 0 spiro atoms. The lowest BCUT2D eigenvalue weighted by molar-refractivity contribution is -0.135. The highest BCUT2D eigenvalue weighted by Crippen LogP contribution is 2.26. The number of methoxy groups -OCH3 is 1. The molecule has 1 heterocycles. The number of hydrogen-bond donors (Lipinski definition) is 1. The number of nitrogens with one attached hydrogen (secondary N) is 1. The quantitative estimate of drug-likeness (QED) is 0.459. The molecule has 0 atom stereocenters. The third-order valence-electron chi connectivity index (χ3n) is 7.76. The lowest BCUT2D eigenvalue weighted by Crippen LogP contribution is -2.55. The maximum Gasteiger partial charge on any atom is 0.317 e. The average molecular weight is 565 g/mol. The molecule has 1 aromatic rings. The van der Waals surface area contributed by atoms with E-state index in [9.17, 15) is 18.0 Å². The van der Waals surface area contributed by atoms with Gasteiger partial charge in [-0.05, 0) is 77.0 Å². The van der Waals surface area contributed by atoms with Crippen LogP contribution in [0.3, 0.4) is 0 Å². The highest BCUT2D eigenvalue weighted by atomic mass is 32.2. The smallest absolute Gasteiger partial charge is 0.317 e. The highest BCUT2D eigenvalue weighted by Gasteiger charge is 2.34. The summed E-state index contributed by atoms with van der Waals surface area (Å²) in [6, 6.07) is 7.44. The van der Waals surface area contributed by atoms with Crippen molar-refractivity contribution in [3.05, 3.63) is 29.8 Å². The zero-order valence-electron chi connectivity index (χ0n) is 24.4. The summed E-state index contributed by atoms with van der Waals surface area (Å²) in [5, 5.41) is 3.02. The van der Waals surface area contributed by atoms with Crippen LogP contribution in [0.1, 0.15) is 78.2 Å². The van der Waals surface area contributed by atoms with Gasteiger partial charge in [0, 0.05) is 37.8 Å². The Hall–Kier alpha value is -2.33. The van der Waals surface area contributed by atoms with Crippen molar-refractivity contribution in [2.24, 2.45) is 5.92 Å². The molecule has 3 amide bonds. The predicted molar refractivity (Wildman–Crippen MR) is 154 cm³/mol. The first-order valence-corrected chi connectivity index (χ1v) is 16.0. The molecule has 0 radical (unpaired) electrons. The van der Waals surface area contributed by atoms with Crippen molar-refractivity contribution in [3.63, 3.8) is 0 Å². The van der Waals surface area contributed by atoms with Gasteiger partial charge in [0.1, 0.15) is 5.75 Å². The second kappa shape index (κ2) is 13.8. The van der Waals surface area contributed by atoms with Gasteiger partial charge in [0.25, 0.3) is 0 Å². The summed E-state index contributed by atoms with van der Waals surface area (Å²) in [4.78, 5) is 30.2. The lowest BCUT2D eigenvalue weighted by atomic mass is 9.89. The number of carbonyl (C=O) groups is 2. The molecule has 0 unspecified atom stereocenters. The molecule has 9 nitrogen and oxygen atoms in total. The van der Waals surface area contributed by atoms with Gasteiger partial charge in [-0.2, -0.15) is 4.31 Å². The first-order chi connectivity index (χ1) is 18.4. The van der Waals surface area contributed by atoms with Crippen LogP contribution in [0.15, 0.2) is 24.3 Å². The summed E-state index contributed by atoms with van der Waals surface area (Å²) in [5.74, 6) is 0.832. The number of carbonyl (C=O) groups excluding carboxylic acids is 2. The second-order valence-corrected chi connectivity index (χ2v) is 14.2. The molecule has 39 heavy (non-hydrogen) atoms. The number of sulfonamides is 1. The Morgan fingerprint density at radius 2 is 1.64 bits per heavy atom. The molecule has 10 heteroatoms. The number of benzene rings is 1. The minimum Gasteiger partial charge on any atom is -0.497 e. The predicted octanol–water partition coefficient (Wildman–Crippen LogP) is 4.23. The molecule has 1 aliphatic carbocycles. The Morgan fingerprint density at radius 1 is 1.03 bits per heavy atom. The van der Waals surface area contributed by atoms with E-state index < -0.39 is 10.0 Å². The molecule has 1 saturated heterocycles. The molecule has 1 aliphatic heterocycles. The minimum atomic E-state index is -3.53. The minimum absolute atomic E-state index is 0.0211. The van der Waals surface area contributed by atoms with Crippen LogP contribution >= 0.6 is 0 Å². The zero-order valence-corrected chi connectivity index (χ0v) is 25.3. The van der Waals surface area contributed by atoms with Crippen LogP contribution < -0.4 is 10.1 Å². The van der Waals surface area contributed by atoms with E-state index >= 15 is 0 Å². The Morgan fingerprint density at radius 3 is 2.18 bits per heavy atom. The van der Waals surface area contributed by atoms with E-state index in [0.717, 1.165) is 37.0 Å². The molecule has 2 fully saturated rings. The van der Waals surface area contributed by atoms with E-state index in [1.165, 1.54) is 10.7 Å². The molecule has 220 valence electrons. The van der Waals surface area contributed by atoms with E-state index in [4.69, 9.17) is 4.74 Å². The summed E-state index contributed by atoms with van der Waals surface area (Å²) >= 11 is 0. The van der Waals surface area contributed by atoms with E-state index in [2.05, 4.69) is 5.32 Å². The average Bonchev–Trinajstić information content (AvgIpc) is 2.91. The van der Waals surface area contributed by atoms with Gasteiger partial charge in [0.15, 0.2) is 0 Å². The largest absolute Gasteiger partial charge is 0.497 e. The summed E-state index contributed by atoms with van der Waals surface area (Å²) in [6.07, 6.45) is 6.72. The van der Waals surface area contributed by atoms with E-state index in [1.54, 1.807) is 18.9 Å². The summed E-state index contributed by atoms with van der Waals surface area (Å²) in [6.45, 7) is 9.22. The molecule has 1 aromatic carbocycles. The molecular weight excluding hydrogens is 516 g/mol. The maximum absolute atomic E-state index is 13.9. The van der Waals surface area contributed by atoms with Gasteiger partial charge in [-0.15, -0.1) is 0 Å². The van der Waals surface area contributed by atoms with Crippen molar-refractivity contribution in [3.8, 4) is 5.75 Å². The Kier molecular flexibility index (Phi) is 11.1. The Labute approximate surface area is 235 Å². The van der Waals surface area contributed by atoms with Gasteiger partial charge in [-0.25, -0.2) is 13.2 Å². The standard InChI is InChI=1S/C29H48N4O5S/c1-6-39(36,37)32(20-23-10-8-7-9-11-23)22-27(34)33(21-24-12-14-26(38-5)15-13-24)25-16-18-31(19-17-25)28(35)30-29(2,3)4/h12-15,23,25H,6-11,16-22H2,1-5H3,(H,30,35). The van der Waals surface area contributed by atoms with E-state index in [-0.39, 0.29) is 35.8 Å². The fourth-order valence-electron chi connectivity index (χ4n) is 5.49. The van der Waals surface area contributed by atoms with Crippen molar-refractivity contribution in [2.75, 3.05) is 39.0 Å². The van der Waals surface area contributed by atoms with Crippen LogP contribution in [0.4, 0.5) is 4.79 Å². The van der Waals surface area contributed by atoms with Crippen LogP contribution in [-0.4, -0.2) is 85.1 Å². The zero-order chi connectivity index (χ0) is 28.6. The summed E-state index contributed by atoms with van der Waals surface area (Å²) in [7, 11) is -1.92.